The Morgan fingerprint density at radius 2 is 1.86 bits per heavy atom. The van der Waals surface area contributed by atoms with Gasteiger partial charge in [-0.05, 0) is 43.9 Å². The van der Waals surface area contributed by atoms with Crippen LogP contribution in [0, 0.1) is 0 Å². The predicted octanol–water partition coefficient (Wildman–Crippen LogP) is 2.30. The number of amides is 2. The zero-order valence-electron chi connectivity index (χ0n) is 15.8. The number of hydrogen-bond donors (Lipinski definition) is 3. The molecule has 2 saturated heterocycles. The number of primary amides is 1. The lowest BCUT2D eigenvalue weighted by atomic mass is 9.95. The van der Waals surface area contributed by atoms with Crippen molar-refractivity contribution in [1.82, 2.24) is 19.9 Å². The van der Waals surface area contributed by atoms with E-state index in [0.29, 0.717) is 16.8 Å². The van der Waals surface area contributed by atoms with Gasteiger partial charge >= 0.3 is 0 Å². The van der Waals surface area contributed by atoms with E-state index in [1.165, 1.54) is 6.20 Å². The molecule has 0 aromatic carbocycles. The number of pyridine rings is 2. The summed E-state index contributed by atoms with van der Waals surface area (Å²) >= 11 is 0. The van der Waals surface area contributed by atoms with Gasteiger partial charge in [0, 0.05) is 53.9 Å². The van der Waals surface area contributed by atoms with Gasteiger partial charge in [-0.1, -0.05) is 0 Å². The minimum atomic E-state index is -0.503. The van der Waals surface area contributed by atoms with Crippen molar-refractivity contribution in [3.8, 4) is 0 Å². The molecular weight excluding hydrogens is 368 g/mol. The van der Waals surface area contributed by atoms with Crippen LogP contribution in [0.3, 0.4) is 0 Å². The van der Waals surface area contributed by atoms with Crippen LogP contribution in [-0.2, 0) is 0 Å². The standard InChI is InChI=1S/C21H22N6O2/c22-19(28)17-11-25-20-16(5-8-24-20)18(17)26-13-9-14-1-2-15(10-13)27(14)21(29)12-3-6-23-7-4-12/h3-8,11,13-15H,1-2,9-10H2,(H2,22,28)(H2,24,25,26)/t13?,14-,15+. The van der Waals surface area contributed by atoms with E-state index in [0.717, 1.165) is 36.8 Å². The molecule has 0 aliphatic carbocycles. The number of hydrogen-bond acceptors (Lipinski definition) is 5. The first-order valence-electron chi connectivity index (χ1n) is 9.87. The van der Waals surface area contributed by atoms with Crippen molar-refractivity contribution in [2.24, 2.45) is 5.73 Å². The molecule has 29 heavy (non-hydrogen) atoms. The zero-order valence-corrected chi connectivity index (χ0v) is 15.8. The Kier molecular flexibility index (Phi) is 4.19. The fourth-order valence-corrected chi connectivity index (χ4v) is 4.82. The first-order chi connectivity index (χ1) is 14.1. The van der Waals surface area contributed by atoms with Gasteiger partial charge < -0.3 is 20.9 Å². The molecule has 2 aliphatic heterocycles. The van der Waals surface area contributed by atoms with E-state index in [2.05, 4.69) is 20.3 Å². The smallest absolute Gasteiger partial charge is 0.254 e. The highest BCUT2D eigenvalue weighted by Crippen LogP contribution is 2.39. The van der Waals surface area contributed by atoms with Gasteiger partial charge in [0.2, 0.25) is 0 Å². The number of nitrogens with zero attached hydrogens (tertiary/aromatic N) is 3. The third-order valence-corrected chi connectivity index (χ3v) is 6.10. The summed E-state index contributed by atoms with van der Waals surface area (Å²) in [5.41, 5.74) is 8.09. The average molecular weight is 390 g/mol. The second-order valence-corrected chi connectivity index (χ2v) is 7.80. The Bertz CT molecular complexity index is 1070. The van der Waals surface area contributed by atoms with Gasteiger partial charge in [-0.3, -0.25) is 14.6 Å². The number of fused-ring (bicyclic) bond motifs is 3. The lowest BCUT2D eigenvalue weighted by molar-refractivity contribution is 0.0583. The topological polar surface area (TPSA) is 117 Å². The maximum absolute atomic E-state index is 13.0. The molecule has 1 unspecified atom stereocenters. The molecule has 0 radical (unpaired) electrons. The average Bonchev–Trinajstić information content (AvgIpc) is 3.31. The van der Waals surface area contributed by atoms with Crippen molar-refractivity contribution < 1.29 is 9.59 Å². The summed E-state index contributed by atoms with van der Waals surface area (Å²) in [6.07, 6.45) is 10.3. The minimum absolute atomic E-state index is 0.0770. The van der Waals surface area contributed by atoms with Crippen LogP contribution in [0.4, 0.5) is 5.69 Å². The summed E-state index contributed by atoms with van der Waals surface area (Å²) in [5.74, 6) is -0.426. The number of H-pyrrole nitrogens is 1. The molecule has 2 bridgehead atoms. The largest absolute Gasteiger partial charge is 0.381 e. The molecule has 8 heteroatoms. The number of rotatable bonds is 4. The molecule has 2 fully saturated rings. The number of carbonyl (C=O) groups excluding carboxylic acids is 2. The van der Waals surface area contributed by atoms with E-state index in [1.807, 2.05) is 11.0 Å². The number of aromatic nitrogens is 3. The van der Waals surface area contributed by atoms with Crippen LogP contribution >= 0.6 is 0 Å². The molecule has 3 atom stereocenters. The summed E-state index contributed by atoms with van der Waals surface area (Å²) in [6.45, 7) is 0. The van der Waals surface area contributed by atoms with Crippen LogP contribution in [0.2, 0.25) is 0 Å². The van der Waals surface area contributed by atoms with E-state index in [9.17, 15) is 9.59 Å². The highest BCUT2D eigenvalue weighted by atomic mass is 16.2. The second-order valence-electron chi connectivity index (χ2n) is 7.80. The molecule has 2 aliphatic rings. The van der Waals surface area contributed by atoms with Crippen LogP contribution in [-0.4, -0.2) is 49.8 Å². The van der Waals surface area contributed by atoms with Crippen molar-refractivity contribution in [2.45, 2.75) is 43.8 Å². The van der Waals surface area contributed by atoms with E-state index < -0.39 is 5.91 Å². The summed E-state index contributed by atoms with van der Waals surface area (Å²) in [5, 5.41) is 4.40. The Balaban J connectivity index is 1.39. The van der Waals surface area contributed by atoms with Crippen molar-refractivity contribution in [2.75, 3.05) is 5.32 Å². The normalized spacial score (nSPS) is 23.3. The van der Waals surface area contributed by atoms with Gasteiger partial charge in [0.15, 0.2) is 0 Å². The van der Waals surface area contributed by atoms with Crippen LogP contribution in [0.25, 0.3) is 11.0 Å². The van der Waals surface area contributed by atoms with Crippen molar-refractivity contribution in [3.05, 3.63) is 54.1 Å². The highest BCUT2D eigenvalue weighted by molar-refractivity contribution is 6.06. The highest BCUT2D eigenvalue weighted by Gasteiger charge is 2.43. The van der Waals surface area contributed by atoms with Crippen molar-refractivity contribution in [1.29, 1.82) is 0 Å². The minimum Gasteiger partial charge on any atom is -0.381 e. The number of aromatic amines is 1. The number of anilines is 1. The zero-order chi connectivity index (χ0) is 20.0. The predicted molar refractivity (Wildman–Crippen MR) is 108 cm³/mol. The van der Waals surface area contributed by atoms with Crippen molar-refractivity contribution in [3.63, 3.8) is 0 Å². The van der Waals surface area contributed by atoms with Gasteiger partial charge in [-0.2, -0.15) is 0 Å². The lowest BCUT2D eigenvalue weighted by Crippen LogP contribution is -2.49. The Hall–Kier alpha value is -3.42. The first-order valence-corrected chi connectivity index (χ1v) is 9.87. The van der Waals surface area contributed by atoms with E-state index >= 15 is 0 Å². The molecule has 4 N–H and O–H groups in total. The SMILES string of the molecule is NC(=O)c1cnc2[nH]ccc2c1NC1C[C@H]2CC[C@@H](C1)N2C(=O)c1ccncc1. The monoisotopic (exact) mass is 390 g/mol. The Morgan fingerprint density at radius 1 is 1.14 bits per heavy atom. The van der Waals surface area contributed by atoms with Crippen LogP contribution in [0.15, 0.2) is 43.0 Å². The number of carbonyl (C=O) groups is 2. The van der Waals surface area contributed by atoms with Crippen molar-refractivity contribution >= 4 is 28.5 Å². The Morgan fingerprint density at radius 3 is 2.55 bits per heavy atom. The number of nitrogens with one attached hydrogen (secondary N) is 2. The maximum Gasteiger partial charge on any atom is 0.254 e. The lowest BCUT2D eigenvalue weighted by Gasteiger charge is -2.39. The van der Waals surface area contributed by atoms with Gasteiger partial charge in [0.25, 0.3) is 11.8 Å². The number of piperidine rings is 1. The van der Waals surface area contributed by atoms with E-state index in [-0.39, 0.29) is 24.0 Å². The number of nitrogens with two attached hydrogens (primary N) is 1. The van der Waals surface area contributed by atoms with Crippen LogP contribution in [0.5, 0.6) is 0 Å². The summed E-state index contributed by atoms with van der Waals surface area (Å²) in [4.78, 5) is 38.3. The fourth-order valence-electron chi connectivity index (χ4n) is 4.82. The third-order valence-electron chi connectivity index (χ3n) is 6.10. The van der Waals surface area contributed by atoms with Crippen LogP contribution in [0.1, 0.15) is 46.4 Å². The molecule has 5 heterocycles. The summed E-state index contributed by atoms with van der Waals surface area (Å²) in [6, 6.07) is 5.97. The van der Waals surface area contributed by atoms with Gasteiger partial charge in [-0.15, -0.1) is 0 Å². The second kappa shape index (κ2) is 6.88. The summed E-state index contributed by atoms with van der Waals surface area (Å²) in [7, 11) is 0. The van der Waals surface area contributed by atoms with Crippen LogP contribution < -0.4 is 11.1 Å². The molecular formula is C21H22N6O2. The van der Waals surface area contributed by atoms with Gasteiger partial charge in [0.1, 0.15) is 5.65 Å². The maximum atomic E-state index is 13.0. The molecule has 0 saturated carbocycles. The first kappa shape index (κ1) is 17.7. The van der Waals surface area contributed by atoms with Gasteiger partial charge in [0.05, 0.1) is 11.3 Å². The molecule has 0 spiro atoms. The summed E-state index contributed by atoms with van der Waals surface area (Å²) < 4.78 is 0. The molecule has 8 nitrogen and oxygen atoms in total. The Labute approximate surface area is 167 Å². The van der Waals surface area contributed by atoms with Gasteiger partial charge in [-0.25, -0.2) is 4.98 Å². The fraction of sp³-hybridized carbons (Fsp3) is 0.333. The quantitative estimate of drug-likeness (QED) is 0.632. The molecule has 148 valence electrons. The molecule has 3 aromatic heterocycles. The molecule has 5 rings (SSSR count). The van der Waals surface area contributed by atoms with E-state index in [4.69, 9.17) is 5.73 Å². The molecule has 2 amide bonds. The third kappa shape index (κ3) is 3.00. The molecule has 3 aromatic rings. The van der Waals surface area contributed by atoms with E-state index in [1.54, 1.807) is 30.7 Å².